The van der Waals surface area contributed by atoms with Crippen LogP contribution in [0.3, 0.4) is 0 Å². The predicted octanol–water partition coefficient (Wildman–Crippen LogP) is -5.14. The summed E-state index contributed by atoms with van der Waals surface area (Å²) in [5, 5.41) is 56.0. The summed E-state index contributed by atoms with van der Waals surface area (Å²) in [5.74, 6) is -11.5. The summed E-state index contributed by atoms with van der Waals surface area (Å²) in [6, 6.07) is 0.529. The van der Waals surface area contributed by atoms with E-state index in [1.165, 1.54) is 6.92 Å². The molecule has 0 saturated carbocycles. The van der Waals surface area contributed by atoms with E-state index in [1.54, 1.807) is 55.6 Å². The largest absolute Gasteiger partial charge is 0.394 e. The molecule has 2 aliphatic heterocycles. The Bertz CT molecular complexity index is 3310. The van der Waals surface area contributed by atoms with E-state index in [4.69, 9.17) is 33.5 Å². The normalized spacial score (nSPS) is 21.6. The fourth-order valence-corrected chi connectivity index (χ4v) is 11.2. The molecule has 24 N–H and O–H groups in total. The van der Waals surface area contributed by atoms with Gasteiger partial charge in [0, 0.05) is 75.9 Å². The lowest BCUT2D eigenvalue weighted by atomic mass is 10.0. The number of aliphatic hydroxyl groups is 3. The third-order valence-electron chi connectivity index (χ3n) is 16.5. The molecule has 544 valence electrons. The van der Waals surface area contributed by atoms with Gasteiger partial charge in [-0.15, -0.1) is 0 Å². The molecule has 0 radical (unpaired) electrons. The number of unbranched alkanes of at least 4 members (excludes halogenated alkanes) is 2. The average molecular weight is 1390 g/mol. The first-order chi connectivity index (χ1) is 47.2. The number of benzene rings is 2. The molecular formula is C64H97N19O16. The van der Waals surface area contributed by atoms with Crippen molar-refractivity contribution in [2.75, 3.05) is 32.8 Å². The van der Waals surface area contributed by atoms with Gasteiger partial charge in [-0.3, -0.25) is 67.5 Å². The number of aliphatic imine (C=N–C) groups is 2. The van der Waals surface area contributed by atoms with Crippen LogP contribution in [0.1, 0.15) is 122 Å². The first-order valence-corrected chi connectivity index (χ1v) is 33.1. The molecule has 35 heteroatoms. The van der Waals surface area contributed by atoms with Crippen LogP contribution in [0.4, 0.5) is 0 Å². The highest BCUT2D eigenvalue weighted by molar-refractivity contribution is 6.00. The average Bonchev–Trinajstić information content (AvgIpc) is 1.69. The highest BCUT2D eigenvalue weighted by atomic mass is 16.7. The van der Waals surface area contributed by atoms with Crippen LogP contribution in [0.2, 0.25) is 0 Å². The fourth-order valence-electron chi connectivity index (χ4n) is 11.2. The minimum Gasteiger partial charge on any atom is -0.394 e. The highest BCUT2D eigenvalue weighted by Crippen LogP contribution is 2.23. The Morgan fingerprint density at radius 1 is 0.687 bits per heavy atom. The monoisotopic (exact) mass is 1390 g/mol. The van der Waals surface area contributed by atoms with Crippen molar-refractivity contribution in [2.24, 2.45) is 38.7 Å². The van der Waals surface area contributed by atoms with Crippen molar-refractivity contribution in [1.29, 1.82) is 0 Å². The van der Waals surface area contributed by atoms with Gasteiger partial charge in [0.2, 0.25) is 65.0 Å². The van der Waals surface area contributed by atoms with Gasteiger partial charge in [0.15, 0.2) is 11.9 Å². The number of hydrogen-bond acceptors (Lipinski definition) is 19. The Labute approximate surface area is 572 Å². The number of fused-ring (bicyclic) bond motifs is 2. The van der Waals surface area contributed by atoms with Crippen LogP contribution in [-0.2, 0) is 75.2 Å². The lowest BCUT2D eigenvalue weighted by Gasteiger charge is -2.31. The number of guanidine groups is 2. The summed E-state index contributed by atoms with van der Waals surface area (Å²) >= 11 is 0. The number of H-pyrrole nitrogens is 1. The van der Waals surface area contributed by atoms with Crippen LogP contribution in [-0.4, -0.2) is 213 Å². The standard InChI is InChI=1S/C64H97N19O16/c1-4-5-19-43(78-61(97)52(35(2)85)82-56(92)44(22-11-13-26-70-63(66)67)77-59(95)49(34-84)74-36(3)86)54(90)79-46-24-25-51(88)99-73-28-14-12-21-42(53(65)89)75-58(94)48(30-38-32-72-41-20-10-9-18-40(38)41)80-55(91)45(23-15-27-71-64(68)69)76-57(93)47(29-37-16-7-6-8-17-37)81-60(96)50-31-39(87)33-83(50)62(46)98/h6-10,16-18,20,32,35,39,42-50,52,72-73,84-85,87H,4-5,11-15,19,21-31,33-34H2,1-3H3,(H2,65,89)(H,74,86)(H,75,94)(H,76,93)(H,77,95)(H,78,97)(H,79,90)(H,80,91)(H,81,96)(H,82,92)(H4,66,67,70)(H4,68,69,71)/t35?,39?,42-,43-,44-,45-,46-,47+,48-,49-,50-,52-/m0/s1. The minimum atomic E-state index is -1.81. The van der Waals surface area contributed by atoms with E-state index in [0.717, 1.165) is 22.7 Å². The maximum atomic E-state index is 15.1. The van der Waals surface area contributed by atoms with E-state index in [2.05, 4.69) is 68.3 Å². The van der Waals surface area contributed by atoms with E-state index in [9.17, 15) is 68.1 Å². The van der Waals surface area contributed by atoms with Crippen molar-refractivity contribution >= 4 is 93.8 Å². The first kappa shape index (κ1) is 79.7. The lowest BCUT2D eigenvalue weighted by molar-refractivity contribution is -0.152. The zero-order chi connectivity index (χ0) is 72.7. The first-order valence-electron chi connectivity index (χ1n) is 33.1. The van der Waals surface area contributed by atoms with Crippen LogP contribution in [0.25, 0.3) is 10.9 Å². The van der Waals surface area contributed by atoms with Gasteiger partial charge in [0.05, 0.1) is 18.8 Å². The minimum absolute atomic E-state index is 0.000981. The van der Waals surface area contributed by atoms with E-state index in [-0.39, 0.29) is 102 Å². The number of carbonyl (C=O) groups excluding carboxylic acids is 12. The lowest BCUT2D eigenvalue weighted by Crippen LogP contribution is -2.62. The second-order valence-corrected chi connectivity index (χ2v) is 24.4. The van der Waals surface area contributed by atoms with Crippen LogP contribution < -0.4 is 82.0 Å². The molecule has 5 rings (SSSR count). The number of primary amides is 1. The van der Waals surface area contributed by atoms with Crippen molar-refractivity contribution in [2.45, 2.75) is 196 Å². The van der Waals surface area contributed by atoms with Crippen LogP contribution in [0.15, 0.2) is 70.8 Å². The Hall–Kier alpha value is -10.0. The number of aliphatic hydroxyl groups excluding tert-OH is 3. The van der Waals surface area contributed by atoms with Crippen molar-refractivity contribution in [3.05, 3.63) is 71.9 Å². The van der Waals surface area contributed by atoms with Gasteiger partial charge in [-0.2, -0.15) is 5.48 Å². The number of carbonyl (C=O) groups is 12. The number of nitrogens with two attached hydrogens (primary N) is 5. The smallest absolute Gasteiger partial charge is 0.324 e. The van der Waals surface area contributed by atoms with E-state index in [0.29, 0.717) is 24.0 Å². The number of aromatic amines is 1. The molecule has 1 aromatic heterocycles. The number of rotatable bonds is 28. The van der Waals surface area contributed by atoms with Gasteiger partial charge in [0.1, 0.15) is 60.4 Å². The van der Waals surface area contributed by atoms with Crippen molar-refractivity contribution in [3.63, 3.8) is 0 Å². The number of nitrogens with one attached hydrogen (secondary N) is 11. The van der Waals surface area contributed by atoms with Gasteiger partial charge < -0.3 is 107 Å². The molecule has 3 heterocycles. The molecule has 0 bridgehead atoms. The molecule has 2 fully saturated rings. The van der Waals surface area contributed by atoms with Gasteiger partial charge in [-0.25, -0.2) is 0 Å². The molecule has 2 unspecified atom stereocenters. The quantitative estimate of drug-likeness (QED) is 0.0184. The molecule has 99 heavy (non-hydrogen) atoms. The van der Waals surface area contributed by atoms with E-state index < -0.39 is 176 Å². The van der Waals surface area contributed by atoms with E-state index in [1.807, 2.05) is 12.1 Å². The molecule has 2 saturated heterocycles. The van der Waals surface area contributed by atoms with Gasteiger partial charge in [-0.1, -0.05) is 68.3 Å². The number of para-hydroxylation sites is 1. The van der Waals surface area contributed by atoms with Crippen molar-refractivity contribution in [1.82, 2.24) is 63.2 Å². The third kappa shape index (κ3) is 26.4. The third-order valence-corrected chi connectivity index (χ3v) is 16.5. The predicted molar refractivity (Wildman–Crippen MR) is 360 cm³/mol. The molecule has 2 aliphatic rings. The van der Waals surface area contributed by atoms with Crippen LogP contribution in [0.5, 0.6) is 0 Å². The molecule has 3 aromatic rings. The maximum Gasteiger partial charge on any atom is 0.324 e. The fraction of sp³-hybridized carbons (Fsp3) is 0.562. The summed E-state index contributed by atoms with van der Waals surface area (Å²) in [4.78, 5) is 186. The van der Waals surface area contributed by atoms with Gasteiger partial charge in [0.25, 0.3) is 0 Å². The van der Waals surface area contributed by atoms with Crippen molar-refractivity contribution in [3.8, 4) is 0 Å². The number of hydroxylamine groups is 1. The number of amides is 11. The summed E-state index contributed by atoms with van der Waals surface area (Å²) in [7, 11) is 0. The summed E-state index contributed by atoms with van der Waals surface area (Å²) in [5.41, 5.74) is 32.3. The van der Waals surface area contributed by atoms with E-state index >= 15 is 4.79 Å². The second kappa shape index (κ2) is 40.7. The Kier molecular flexibility index (Phi) is 32.7. The molecule has 0 aliphatic carbocycles. The molecule has 12 atom stereocenters. The highest BCUT2D eigenvalue weighted by Gasteiger charge is 2.44. The molecular weight excluding hydrogens is 1290 g/mol. The van der Waals surface area contributed by atoms with Gasteiger partial charge >= 0.3 is 5.97 Å². The summed E-state index contributed by atoms with van der Waals surface area (Å²) in [6.07, 6.45) is -1.65. The maximum absolute atomic E-state index is 15.1. The summed E-state index contributed by atoms with van der Waals surface area (Å²) in [6.45, 7) is 2.86. The topological polar surface area (TPSA) is 569 Å². The number of aromatic nitrogens is 1. The van der Waals surface area contributed by atoms with Gasteiger partial charge in [-0.05, 0) is 88.3 Å². The SMILES string of the molecule is CCCC[C@H](NC(=O)[C@@H](NC(=O)[C@H](CCCCN=C(N)N)NC(=O)[C@H](CO)NC(C)=O)C(C)O)C(=O)N[C@H]1CCC(=O)ONCCCC[C@@H](C(N)=O)NC(=O)[C@H](Cc2c[nH]c3ccccc23)NC(=O)[C@H](CCCN=C(N)N)NC(=O)[C@@H](Cc2ccccc2)NC(=O)[C@@H]2CC(O)CN2C1=O. The second-order valence-electron chi connectivity index (χ2n) is 24.4. The summed E-state index contributed by atoms with van der Waals surface area (Å²) < 4.78 is 0. The molecule has 11 amide bonds. The molecule has 0 spiro atoms. The van der Waals surface area contributed by atoms with Crippen LogP contribution in [0, 0.1) is 0 Å². The zero-order valence-corrected chi connectivity index (χ0v) is 55.9. The Morgan fingerprint density at radius 2 is 1.29 bits per heavy atom. The Balaban J connectivity index is 1.49. The number of nitrogens with zero attached hydrogens (tertiary/aromatic N) is 3. The van der Waals surface area contributed by atoms with Crippen molar-refractivity contribution < 1.29 is 77.7 Å². The molecule has 2 aromatic carbocycles. The van der Waals surface area contributed by atoms with Crippen LogP contribution >= 0.6 is 0 Å². The number of hydrogen-bond donors (Lipinski definition) is 19. The zero-order valence-electron chi connectivity index (χ0n) is 55.9. The molecule has 35 nitrogen and oxygen atoms in total. The Morgan fingerprint density at radius 3 is 1.96 bits per heavy atom.